The largest absolute Gasteiger partial charge is 0.492 e. The van der Waals surface area contributed by atoms with Gasteiger partial charge in [0.1, 0.15) is 12.4 Å². The Morgan fingerprint density at radius 1 is 1.37 bits per heavy atom. The second kappa shape index (κ2) is 7.46. The highest BCUT2D eigenvalue weighted by Crippen LogP contribution is 2.17. The molecule has 0 spiro atoms. The smallest absolute Gasteiger partial charge is 0.126 e. The van der Waals surface area contributed by atoms with Crippen molar-refractivity contribution in [3.8, 4) is 5.75 Å². The minimum atomic E-state index is 0.470. The van der Waals surface area contributed by atoms with Crippen LogP contribution in [0.3, 0.4) is 0 Å². The molecular weight excluding hydrogens is 238 g/mol. The van der Waals surface area contributed by atoms with Crippen LogP contribution >= 0.6 is 0 Å². The molecule has 0 radical (unpaired) electrons. The molecular formula is C15H25N3O. The first-order chi connectivity index (χ1) is 9.25. The number of aromatic nitrogens is 1. The van der Waals surface area contributed by atoms with Gasteiger partial charge in [0.2, 0.25) is 0 Å². The first-order valence-corrected chi connectivity index (χ1v) is 7.27. The molecule has 2 heterocycles. The molecule has 1 aromatic rings. The summed E-state index contributed by atoms with van der Waals surface area (Å²) in [4.78, 5) is 6.64. The maximum absolute atomic E-state index is 5.91. The summed E-state index contributed by atoms with van der Waals surface area (Å²) in [5.41, 5.74) is 1.14. The Kier molecular flexibility index (Phi) is 5.61. The Morgan fingerprint density at radius 2 is 2.16 bits per heavy atom. The minimum absolute atomic E-state index is 0.470. The zero-order valence-electron chi connectivity index (χ0n) is 12.1. The van der Waals surface area contributed by atoms with Crippen molar-refractivity contribution in [3.63, 3.8) is 0 Å². The molecule has 1 aliphatic rings. The van der Waals surface area contributed by atoms with E-state index in [4.69, 9.17) is 4.74 Å². The molecule has 1 aliphatic heterocycles. The summed E-state index contributed by atoms with van der Waals surface area (Å²) in [6.07, 6.45) is 6.35. The molecule has 0 aromatic carbocycles. The summed E-state index contributed by atoms with van der Waals surface area (Å²) in [5.74, 6) is 0.961. The van der Waals surface area contributed by atoms with Crippen molar-refractivity contribution < 1.29 is 4.74 Å². The summed E-state index contributed by atoms with van der Waals surface area (Å²) in [6, 6.07) is 2.43. The molecule has 2 rings (SSSR count). The van der Waals surface area contributed by atoms with E-state index in [9.17, 15) is 0 Å². The molecule has 0 saturated carbocycles. The van der Waals surface area contributed by atoms with Gasteiger partial charge in [-0.1, -0.05) is 13.8 Å². The van der Waals surface area contributed by atoms with Gasteiger partial charge in [0, 0.05) is 37.1 Å². The zero-order chi connectivity index (χ0) is 13.5. The van der Waals surface area contributed by atoms with Crippen LogP contribution in [0.5, 0.6) is 5.75 Å². The lowest BCUT2D eigenvalue weighted by molar-refractivity contribution is 0.236. The van der Waals surface area contributed by atoms with E-state index < -0.39 is 0 Å². The number of rotatable bonds is 7. The molecule has 0 aliphatic carbocycles. The normalized spacial score (nSPS) is 16.2. The van der Waals surface area contributed by atoms with Gasteiger partial charge >= 0.3 is 0 Å². The summed E-state index contributed by atoms with van der Waals surface area (Å²) in [6.45, 7) is 9.33. The topological polar surface area (TPSA) is 37.4 Å². The average molecular weight is 263 g/mol. The number of nitrogens with one attached hydrogen (secondary N) is 1. The standard InChI is InChI=1S/C15H25N3O/c1-13(2)17-12-14-11-16-6-5-15(14)19-10-9-18-7-3-4-8-18/h5-6,11,13,17H,3-4,7-10,12H2,1-2H3. The number of likely N-dealkylation sites (tertiary alicyclic amines) is 1. The summed E-state index contributed by atoms with van der Waals surface area (Å²) < 4.78 is 5.91. The predicted molar refractivity (Wildman–Crippen MR) is 77.4 cm³/mol. The Hall–Kier alpha value is -1.13. The van der Waals surface area contributed by atoms with Crippen LogP contribution < -0.4 is 10.1 Å². The van der Waals surface area contributed by atoms with Crippen molar-refractivity contribution >= 4 is 0 Å². The first kappa shape index (κ1) is 14.3. The van der Waals surface area contributed by atoms with Gasteiger partial charge in [-0.2, -0.15) is 0 Å². The highest BCUT2D eigenvalue weighted by atomic mass is 16.5. The summed E-state index contributed by atoms with van der Waals surface area (Å²) in [5, 5.41) is 3.40. The van der Waals surface area contributed by atoms with Crippen molar-refractivity contribution in [1.29, 1.82) is 0 Å². The Bertz CT molecular complexity index is 375. The molecule has 1 saturated heterocycles. The molecule has 4 heteroatoms. The lowest BCUT2D eigenvalue weighted by Gasteiger charge is -2.17. The number of pyridine rings is 1. The predicted octanol–water partition coefficient (Wildman–Crippen LogP) is 2.05. The van der Waals surface area contributed by atoms with E-state index in [1.165, 1.54) is 25.9 Å². The SMILES string of the molecule is CC(C)NCc1cnccc1OCCN1CCCC1. The second-order valence-corrected chi connectivity index (χ2v) is 5.42. The van der Waals surface area contributed by atoms with Crippen LogP contribution in [-0.2, 0) is 6.54 Å². The molecule has 0 amide bonds. The lowest BCUT2D eigenvalue weighted by Crippen LogP contribution is -2.26. The van der Waals surface area contributed by atoms with Crippen LogP contribution in [0.2, 0.25) is 0 Å². The minimum Gasteiger partial charge on any atom is -0.492 e. The van der Waals surface area contributed by atoms with E-state index in [0.717, 1.165) is 31.0 Å². The molecule has 1 aromatic heterocycles. The van der Waals surface area contributed by atoms with E-state index in [-0.39, 0.29) is 0 Å². The van der Waals surface area contributed by atoms with Gasteiger partial charge in [-0.3, -0.25) is 9.88 Å². The Balaban J connectivity index is 1.80. The van der Waals surface area contributed by atoms with Gasteiger partial charge in [-0.05, 0) is 32.0 Å². The van der Waals surface area contributed by atoms with Gasteiger partial charge in [-0.15, -0.1) is 0 Å². The van der Waals surface area contributed by atoms with Crippen LogP contribution in [0.25, 0.3) is 0 Å². The summed E-state index contributed by atoms with van der Waals surface area (Å²) >= 11 is 0. The molecule has 0 atom stereocenters. The first-order valence-electron chi connectivity index (χ1n) is 7.27. The van der Waals surface area contributed by atoms with Gasteiger partial charge in [0.25, 0.3) is 0 Å². The van der Waals surface area contributed by atoms with E-state index in [1.807, 2.05) is 12.3 Å². The Labute approximate surface area is 116 Å². The van der Waals surface area contributed by atoms with Gasteiger partial charge in [0.05, 0.1) is 0 Å². The fraction of sp³-hybridized carbons (Fsp3) is 0.667. The molecule has 19 heavy (non-hydrogen) atoms. The number of nitrogens with zero attached hydrogens (tertiary/aromatic N) is 2. The van der Waals surface area contributed by atoms with Crippen molar-refractivity contribution in [2.24, 2.45) is 0 Å². The number of hydrogen-bond acceptors (Lipinski definition) is 4. The second-order valence-electron chi connectivity index (χ2n) is 5.42. The molecule has 4 nitrogen and oxygen atoms in total. The third-order valence-electron chi connectivity index (χ3n) is 3.42. The molecule has 0 unspecified atom stereocenters. The van der Waals surface area contributed by atoms with Gasteiger partial charge in [-0.25, -0.2) is 0 Å². The quantitative estimate of drug-likeness (QED) is 0.817. The van der Waals surface area contributed by atoms with Crippen LogP contribution in [0.15, 0.2) is 18.5 Å². The molecule has 0 bridgehead atoms. The maximum atomic E-state index is 5.91. The zero-order valence-corrected chi connectivity index (χ0v) is 12.1. The van der Waals surface area contributed by atoms with Crippen LogP contribution in [0.1, 0.15) is 32.3 Å². The van der Waals surface area contributed by atoms with Crippen LogP contribution in [0.4, 0.5) is 0 Å². The monoisotopic (exact) mass is 263 g/mol. The number of ether oxygens (including phenoxy) is 1. The highest BCUT2D eigenvalue weighted by molar-refractivity contribution is 5.29. The van der Waals surface area contributed by atoms with Crippen LogP contribution in [0, 0.1) is 0 Å². The fourth-order valence-electron chi connectivity index (χ4n) is 2.29. The highest BCUT2D eigenvalue weighted by Gasteiger charge is 2.11. The fourth-order valence-corrected chi connectivity index (χ4v) is 2.29. The summed E-state index contributed by atoms with van der Waals surface area (Å²) in [7, 11) is 0. The van der Waals surface area contributed by atoms with Crippen molar-refractivity contribution in [2.75, 3.05) is 26.2 Å². The van der Waals surface area contributed by atoms with Crippen molar-refractivity contribution in [1.82, 2.24) is 15.2 Å². The van der Waals surface area contributed by atoms with E-state index in [1.54, 1.807) is 6.20 Å². The third kappa shape index (κ3) is 4.80. The van der Waals surface area contributed by atoms with Crippen LogP contribution in [-0.4, -0.2) is 42.2 Å². The van der Waals surface area contributed by atoms with E-state index in [0.29, 0.717) is 6.04 Å². The average Bonchev–Trinajstić information content (AvgIpc) is 2.91. The molecule has 1 fully saturated rings. The van der Waals surface area contributed by atoms with Crippen molar-refractivity contribution in [3.05, 3.63) is 24.0 Å². The number of hydrogen-bond donors (Lipinski definition) is 1. The Morgan fingerprint density at radius 3 is 2.89 bits per heavy atom. The van der Waals surface area contributed by atoms with E-state index >= 15 is 0 Å². The third-order valence-corrected chi connectivity index (χ3v) is 3.42. The maximum Gasteiger partial charge on any atom is 0.126 e. The van der Waals surface area contributed by atoms with Gasteiger partial charge < -0.3 is 10.1 Å². The van der Waals surface area contributed by atoms with Gasteiger partial charge in [0.15, 0.2) is 0 Å². The molecule has 1 N–H and O–H groups in total. The van der Waals surface area contributed by atoms with Crippen molar-refractivity contribution in [2.45, 2.75) is 39.3 Å². The van der Waals surface area contributed by atoms with E-state index in [2.05, 4.69) is 29.0 Å². The lowest BCUT2D eigenvalue weighted by atomic mass is 10.2. The molecule has 106 valence electrons.